The largest absolute Gasteiger partial charge is 0.396 e. The zero-order valence-corrected chi connectivity index (χ0v) is 11.9. The van der Waals surface area contributed by atoms with Gasteiger partial charge in [-0.25, -0.2) is 0 Å². The molecule has 2 amide bonds. The summed E-state index contributed by atoms with van der Waals surface area (Å²) in [6, 6.07) is 10.8. The van der Waals surface area contributed by atoms with Crippen molar-refractivity contribution in [3.63, 3.8) is 0 Å². The molecule has 0 aliphatic carbocycles. The fraction of sp³-hybridized carbons (Fsp3) is 0.267. The summed E-state index contributed by atoms with van der Waals surface area (Å²) >= 11 is 0. The molecule has 7 heteroatoms. The van der Waals surface area contributed by atoms with Crippen molar-refractivity contribution >= 4 is 11.8 Å². The lowest BCUT2D eigenvalue weighted by molar-refractivity contribution is -0.120. The molecule has 0 saturated heterocycles. The predicted molar refractivity (Wildman–Crippen MR) is 79.0 cm³/mol. The molecule has 0 spiro atoms. The van der Waals surface area contributed by atoms with Crippen LogP contribution in [0.15, 0.2) is 40.9 Å². The van der Waals surface area contributed by atoms with E-state index in [0.717, 1.165) is 5.56 Å². The van der Waals surface area contributed by atoms with Gasteiger partial charge >= 0.3 is 0 Å². The van der Waals surface area contributed by atoms with Gasteiger partial charge in [-0.2, -0.15) is 0 Å². The average molecular weight is 303 g/mol. The zero-order chi connectivity index (χ0) is 15.8. The maximum Gasteiger partial charge on any atom is 0.273 e. The first-order valence-electron chi connectivity index (χ1n) is 6.88. The van der Waals surface area contributed by atoms with Gasteiger partial charge < -0.3 is 20.3 Å². The number of nitrogens with one attached hydrogen (secondary N) is 2. The molecule has 0 fully saturated rings. The van der Waals surface area contributed by atoms with Crippen molar-refractivity contribution in [2.24, 2.45) is 0 Å². The topological polar surface area (TPSA) is 104 Å². The molecule has 0 bridgehead atoms. The number of amides is 2. The smallest absolute Gasteiger partial charge is 0.273 e. The number of aromatic nitrogens is 1. The molecule has 3 N–H and O–H groups in total. The first-order chi connectivity index (χ1) is 10.7. The molecule has 0 aliphatic heterocycles. The van der Waals surface area contributed by atoms with Crippen molar-refractivity contribution in [2.75, 3.05) is 19.7 Å². The SMILES string of the molecule is O=C(CNC(=O)c1cc(-c2ccccc2)on1)NCCCO. The van der Waals surface area contributed by atoms with Gasteiger partial charge in [-0.1, -0.05) is 35.5 Å². The minimum absolute atomic E-state index is 0.00778. The van der Waals surface area contributed by atoms with Crippen LogP contribution in [0.5, 0.6) is 0 Å². The van der Waals surface area contributed by atoms with Gasteiger partial charge in [0.05, 0.1) is 6.54 Å². The Morgan fingerprint density at radius 3 is 2.68 bits per heavy atom. The number of aliphatic hydroxyl groups excluding tert-OH is 1. The van der Waals surface area contributed by atoms with Gasteiger partial charge in [0.2, 0.25) is 5.91 Å². The molecular weight excluding hydrogens is 286 g/mol. The van der Waals surface area contributed by atoms with Crippen LogP contribution in [-0.4, -0.2) is 41.8 Å². The first-order valence-corrected chi connectivity index (χ1v) is 6.88. The Bertz CT molecular complexity index is 625. The molecule has 0 unspecified atom stereocenters. The minimum atomic E-state index is -0.483. The van der Waals surface area contributed by atoms with Crippen LogP contribution < -0.4 is 10.6 Å². The highest BCUT2D eigenvalue weighted by molar-refractivity contribution is 5.95. The van der Waals surface area contributed by atoms with Crippen LogP contribution in [0.3, 0.4) is 0 Å². The van der Waals surface area contributed by atoms with E-state index in [1.165, 1.54) is 6.07 Å². The third-order valence-electron chi connectivity index (χ3n) is 2.87. The van der Waals surface area contributed by atoms with Crippen LogP contribution in [-0.2, 0) is 4.79 Å². The maximum atomic E-state index is 11.9. The zero-order valence-electron chi connectivity index (χ0n) is 11.9. The lowest BCUT2D eigenvalue weighted by atomic mass is 10.1. The molecule has 1 heterocycles. The summed E-state index contributed by atoms with van der Waals surface area (Å²) in [5.74, 6) is -0.324. The van der Waals surface area contributed by atoms with E-state index in [-0.39, 0.29) is 24.8 Å². The van der Waals surface area contributed by atoms with Gasteiger partial charge in [0, 0.05) is 24.8 Å². The summed E-state index contributed by atoms with van der Waals surface area (Å²) in [5.41, 5.74) is 0.929. The van der Waals surface area contributed by atoms with Crippen molar-refractivity contribution in [3.05, 3.63) is 42.1 Å². The molecule has 0 atom stereocenters. The molecule has 1 aromatic carbocycles. The highest BCUT2D eigenvalue weighted by Gasteiger charge is 2.14. The number of benzene rings is 1. The number of rotatable bonds is 7. The average Bonchev–Trinajstić information content (AvgIpc) is 3.04. The van der Waals surface area contributed by atoms with Crippen molar-refractivity contribution in [1.29, 1.82) is 0 Å². The maximum absolute atomic E-state index is 11.9. The van der Waals surface area contributed by atoms with Crippen LogP contribution >= 0.6 is 0 Å². The van der Waals surface area contributed by atoms with Gasteiger partial charge in [-0.15, -0.1) is 0 Å². The van der Waals surface area contributed by atoms with E-state index in [1.807, 2.05) is 30.3 Å². The third kappa shape index (κ3) is 4.42. The molecule has 116 valence electrons. The molecule has 7 nitrogen and oxygen atoms in total. The molecule has 2 aromatic rings. The second-order valence-corrected chi connectivity index (χ2v) is 4.55. The molecule has 0 saturated carbocycles. The van der Waals surface area contributed by atoms with E-state index in [4.69, 9.17) is 9.63 Å². The molecule has 2 rings (SSSR count). The van der Waals surface area contributed by atoms with E-state index < -0.39 is 5.91 Å². The Hall–Kier alpha value is -2.67. The van der Waals surface area contributed by atoms with Crippen LogP contribution in [0.1, 0.15) is 16.9 Å². The molecule has 1 aromatic heterocycles. The number of aliphatic hydroxyl groups is 1. The fourth-order valence-electron chi connectivity index (χ4n) is 1.74. The van der Waals surface area contributed by atoms with Gasteiger partial charge in [0.15, 0.2) is 11.5 Å². The Morgan fingerprint density at radius 2 is 1.95 bits per heavy atom. The van der Waals surface area contributed by atoms with Gasteiger partial charge in [0.1, 0.15) is 0 Å². The lowest BCUT2D eigenvalue weighted by Crippen LogP contribution is -2.37. The number of nitrogens with zero attached hydrogens (tertiary/aromatic N) is 1. The normalized spacial score (nSPS) is 10.2. The van der Waals surface area contributed by atoms with Gasteiger partial charge in [-0.3, -0.25) is 9.59 Å². The van der Waals surface area contributed by atoms with E-state index in [2.05, 4.69) is 15.8 Å². The summed E-state index contributed by atoms with van der Waals surface area (Å²) in [5, 5.41) is 17.3. The predicted octanol–water partition coefficient (Wildman–Crippen LogP) is 0.570. The Morgan fingerprint density at radius 1 is 1.18 bits per heavy atom. The number of hydrogen-bond acceptors (Lipinski definition) is 5. The van der Waals surface area contributed by atoms with E-state index in [0.29, 0.717) is 18.7 Å². The van der Waals surface area contributed by atoms with Crippen molar-refractivity contribution in [3.8, 4) is 11.3 Å². The monoisotopic (exact) mass is 303 g/mol. The summed E-state index contributed by atoms with van der Waals surface area (Å²) in [4.78, 5) is 23.3. The molecule has 0 aliphatic rings. The summed E-state index contributed by atoms with van der Waals surface area (Å²) in [6.45, 7) is 0.221. The molecule has 0 radical (unpaired) electrons. The van der Waals surface area contributed by atoms with E-state index in [9.17, 15) is 9.59 Å². The third-order valence-corrected chi connectivity index (χ3v) is 2.87. The van der Waals surface area contributed by atoms with Gasteiger partial charge in [0.25, 0.3) is 5.91 Å². The lowest BCUT2D eigenvalue weighted by Gasteiger charge is -2.04. The van der Waals surface area contributed by atoms with Crippen LogP contribution in [0.25, 0.3) is 11.3 Å². The number of hydrogen-bond donors (Lipinski definition) is 3. The van der Waals surface area contributed by atoms with Crippen LogP contribution in [0.4, 0.5) is 0 Å². The standard InChI is InChI=1S/C15H17N3O4/c19-8-4-7-16-14(20)10-17-15(21)12-9-13(22-18-12)11-5-2-1-3-6-11/h1-3,5-6,9,19H,4,7-8,10H2,(H,16,20)(H,17,21). The second kappa shape index (κ2) is 7.94. The highest BCUT2D eigenvalue weighted by Crippen LogP contribution is 2.19. The minimum Gasteiger partial charge on any atom is -0.396 e. The van der Waals surface area contributed by atoms with Crippen LogP contribution in [0.2, 0.25) is 0 Å². The summed E-state index contributed by atoms with van der Waals surface area (Å²) in [6.07, 6.45) is 0.476. The Balaban J connectivity index is 1.86. The van der Waals surface area contributed by atoms with E-state index >= 15 is 0 Å². The van der Waals surface area contributed by atoms with Crippen molar-refractivity contribution in [1.82, 2.24) is 15.8 Å². The summed E-state index contributed by atoms with van der Waals surface area (Å²) < 4.78 is 5.12. The highest BCUT2D eigenvalue weighted by atomic mass is 16.5. The van der Waals surface area contributed by atoms with Crippen molar-refractivity contribution < 1.29 is 19.2 Å². The second-order valence-electron chi connectivity index (χ2n) is 4.55. The van der Waals surface area contributed by atoms with E-state index in [1.54, 1.807) is 0 Å². The fourth-order valence-corrected chi connectivity index (χ4v) is 1.74. The van der Waals surface area contributed by atoms with Crippen LogP contribution in [0, 0.1) is 0 Å². The summed E-state index contributed by atoms with van der Waals surface area (Å²) in [7, 11) is 0. The molecule has 22 heavy (non-hydrogen) atoms. The molecular formula is C15H17N3O4. The Labute approximate surface area is 127 Å². The Kier molecular flexibility index (Phi) is 5.67. The number of carbonyl (C=O) groups is 2. The first kappa shape index (κ1) is 15.7. The van der Waals surface area contributed by atoms with Crippen molar-refractivity contribution in [2.45, 2.75) is 6.42 Å². The van der Waals surface area contributed by atoms with Gasteiger partial charge in [-0.05, 0) is 6.42 Å². The quantitative estimate of drug-likeness (QED) is 0.649. The number of carbonyl (C=O) groups excluding carboxylic acids is 2.